The van der Waals surface area contributed by atoms with Gasteiger partial charge in [0.25, 0.3) is 0 Å². The number of anilines is 1. The average molecular weight is 237 g/mol. The van der Waals surface area contributed by atoms with Crippen LogP contribution in [-0.2, 0) is 0 Å². The largest absolute Gasteiger partial charge is 0.389 e. The first-order valence-corrected chi connectivity index (χ1v) is 5.83. The lowest BCUT2D eigenvalue weighted by Gasteiger charge is -2.27. The van der Waals surface area contributed by atoms with Gasteiger partial charge in [0, 0.05) is 18.7 Å². The van der Waals surface area contributed by atoms with Crippen molar-refractivity contribution in [3.05, 3.63) is 41.7 Å². The Bertz CT molecular complexity index is 401. The summed E-state index contributed by atoms with van der Waals surface area (Å²) in [4.78, 5) is 1.89. The van der Waals surface area contributed by atoms with Crippen LogP contribution >= 0.6 is 0 Å². The van der Waals surface area contributed by atoms with E-state index in [4.69, 9.17) is 0 Å². The van der Waals surface area contributed by atoms with Gasteiger partial charge in [0.05, 0.1) is 11.8 Å². The highest BCUT2D eigenvalue weighted by Gasteiger charge is 2.17. The molecule has 0 radical (unpaired) electrons. The van der Waals surface area contributed by atoms with Crippen molar-refractivity contribution in [3.8, 4) is 0 Å². The minimum atomic E-state index is -0.681. The lowest BCUT2D eigenvalue weighted by Crippen LogP contribution is -2.27. The summed E-state index contributed by atoms with van der Waals surface area (Å²) < 4.78 is 13.9. The van der Waals surface area contributed by atoms with Crippen molar-refractivity contribution >= 4 is 5.69 Å². The zero-order valence-electron chi connectivity index (χ0n) is 10.7. The Morgan fingerprint density at radius 2 is 2.18 bits per heavy atom. The fourth-order valence-corrected chi connectivity index (χ4v) is 1.88. The van der Waals surface area contributed by atoms with E-state index in [1.54, 1.807) is 19.1 Å². The van der Waals surface area contributed by atoms with Crippen LogP contribution < -0.4 is 4.90 Å². The van der Waals surface area contributed by atoms with Crippen molar-refractivity contribution in [2.75, 3.05) is 18.0 Å². The molecule has 1 aromatic carbocycles. The van der Waals surface area contributed by atoms with Crippen molar-refractivity contribution in [1.29, 1.82) is 0 Å². The zero-order valence-corrected chi connectivity index (χ0v) is 10.7. The summed E-state index contributed by atoms with van der Waals surface area (Å²) >= 11 is 0. The maximum Gasteiger partial charge on any atom is 0.146 e. The summed E-state index contributed by atoms with van der Waals surface area (Å²) in [6, 6.07) is 4.79. The Morgan fingerprint density at radius 1 is 1.53 bits per heavy atom. The molecule has 1 aromatic rings. The van der Waals surface area contributed by atoms with Gasteiger partial charge in [-0.15, -0.1) is 0 Å². The first kappa shape index (κ1) is 13.7. The van der Waals surface area contributed by atoms with Crippen molar-refractivity contribution in [2.45, 2.75) is 26.9 Å². The van der Waals surface area contributed by atoms with Crippen LogP contribution in [0.2, 0.25) is 0 Å². The van der Waals surface area contributed by atoms with Crippen molar-refractivity contribution in [1.82, 2.24) is 0 Å². The van der Waals surface area contributed by atoms with E-state index in [1.807, 2.05) is 18.7 Å². The normalized spacial score (nSPS) is 12.3. The first-order chi connectivity index (χ1) is 7.97. The van der Waals surface area contributed by atoms with Crippen LogP contribution in [0.15, 0.2) is 30.4 Å². The van der Waals surface area contributed by atoms with Gasteiger partial charge in [-0.05, 0) is 26.8 Å². The third-order valence-electron chi connectivity index (χ3n) is 2.63. The number of benzene rings is 1. The number of rotatable bonds is 5. The van der Waals surface area contributed by atoms with E-state index in [0.29, 0.717) is 24.3 Å². The molecule has 0 spiro atoms. The Labute approximate surface area is 102 Å². The minimum absolute atomic E-state index is 0.300. The van der Waals surface area contributed by atoms with Gasteiger partial charge >= 0.3 is 0 Å². The molecule has 1 rings (SSSR count). The molecule has 2 nitrogen and oxygen atoms in total. The topological polar surface area (TPSA) is 23.5 Å². The quantitative estimate of drug-likeness (QED) is 0.794. The molecule has 0 saturated carbocycles. The molecule has 0 bridgehead atoms. The molecule has 0 heterocycles. The van der Waals surface area contributed by atoms with Gasteiger partial charge in [-0.1, -0.05) is 24.3 Å². The molecule has 3 heteroatoms. The first-order valence-electron chi connectivity index (χ1n) is 5.83. The third kappa shape index (κ3) is 3.30. The summed E-state index contributed by atoms with van der Waals surface area (Å²) in [6.45, 7) is 10.6. The molecule has 0 aliphatic carbocycles. The van der Waals surface area contributed by atoms with Crippen molar-refractivity contribution < 1.29 is 9.50 Å². The molecular weight excluding hydrogens is 217 g/mol. The van der Waals surface area contributed by atoms with Gasteiger partial charge in [-0.25, -0.2) is 4.39 Å². The van der Waals surface area contributed by atoms with E-state index in [2.05, 4.69) is 6.58 Å². The maximum atomic E-state index is 13.9. The molecule has 0 aliphatic rings. The summed E-state index contributed by atoms with van der Waals surface area (Å²) in [6.07, 6.45) is -0.681. The number of hydrogen-bond donors (Lipinski definition) is 1. The number of hydrogen-bond acceptors (Lipinski definition) is 2. The predicted octanol–water partition coefficient (Wildman–Crippen LogP) is 3.28. The second-order valence-electron chi connectivity index (χ2n) is 4.32. The minimum Gasteiger partial charge on any atom is -0.389 e. The molecule has 1 atom stereocenters. The van der Waals surface area contributed by atoms with Crippen molar-refractivity contribution in [3.63, 3.8) is 0 Å². The standard InChI is InChI=1S/C14H20FNO/c1-5-16(9-10(2)3)14-12(11(4)17)7-6-8-13(14)15/h6-8,11,17H,2,5,9H2,1,3-4H3/t11-/m1/s1. The van der Waals surface area contributed by atoms with Crippen LogP contribution in [0.1, 0.15) is 32.4 Å². The Hall–Kier alpha value is -1.35. The number of halogens is 1. The Balaban J connectivity index is 3.20. The van der Waals surface area contributed by atoms with E-state index in [-0.39, 0.29) is 5.82 Å². The molecule has 0 aromatic heterocycles. The summed E-state index contributed by atoms with van der Waals surface area (Å²) in [5.74, 6) is -0.300. The molecule has 0 amide bonds. The fourth-order valence-electron chi connectivity index (χ4n) is 1.88. The van der Waals surface area contributed by atoms with Crippen LogP contribution in [-0.4, -0.2) is 18.2 Å². The third-order valence-corrected chi connectivity index (χ3v) is 2.63. The summed E-state index contributed by atoms with van der Waals surface area (Å²) in [7, 11) is 0. The maximum absolute atomic E-state index is 13.9. The van der Waals surface area contributed by atoms with Crippen LogP contribution in [0.25, 0.3) is 0 Å². The molecule has 0 aliphatic heterocycles. The second-order valence-corrected chi connectivity index (χ2v) is 4.32. The summed E-state index contributed by atoms with van der Waals surface area (Å²) in [5, 5.41) is 9.69. The van der Waals surface area contributed by atoms with Gasteiger partial charge in [0.1, 0.15) is 5.82 Å². The van der Waals surface area contributed by atoms with Gasteiger partial charge < -0.3 is 10.0 Å². The Kier molecular flexibility index (Phi) is 4.70. The second kappa shape index (κ2) is 5.82. The van der Waals surface area contributed by atoms with Gasteiger partial charge in [-0.3, -0.25) is 0 Å². The van der Waals surface area contributed by atoms with E-state index in [0.717, 1.165) is 5.57 Å². The lowest BCUT2D eigenvalue weighted by molar-refractivity contribution is 0.199. The predicted molar refractivity (Wildman–Crippen MR) is 69.7 cm³/mol. The number of aliphatic hydroxyl groups is 1. The van der Waals surface area contributed by atoms with E-state index >= 15 is 0 Å². The van der Waals surface area contributed by atoms with Crippen LogP contribution in [0, 0.1) is 5.82 Å². The van der Waals surface area contributed by atoms with Gasteiger partial charge in [0.15, 0.2) is 0 Å². The Morgan fingerprint density at radius 3 is 2.65 bits per heavy atom. The van der Waals surface area contributed by atoms with E-state index in [9.17, 15) is 9.50 Å². The molecule has 0 fully saturated rings. The highest BCUT2D eigenvalue weighted by molar-refractivity contribution is 5.56. The average Bonchev–Trinajstić information content (AvgIpc) is 2.25. The van der Waals surface area contributed by atoms with E-state index in [1.165, 1.54) is 6.07 Å². The number of para-hydroxylation sites is 1. The van der Waals surface area contributed by atoms with Crippen LogP contribution in [0.5, 0.6) is 0 Å². The molecular formula is C14H20FNO. The zero-order chi connectivity index (χ0) is 13.0. The van der Waals surface area contributed by atoms with Gasteiger partial charge in [-0.2, -0.15) is 0 Å². The lowest BCUT2D eigenvalue weighted by atomic mass is 10.1. The monoisotopic (exact) mass is 237 g/mol. The van der Waals surface area contributed by atoms with Crippen LogP contribution in [0.3, 0.4) is 0 Å². The number of likely N-dealkylation sites (N-methyl/N-ethyl adjacent to an activating group) is 1. The molecule has 94 valence electrons. The highest BCUT2D eigenvalue weighted by atomic mass is 19.1. The summed E-state index contributed by atoms with van der Waals surface area (Å²) in [5.41, 5.74) is 2.06. The van der Waals surface area contributed by atoms with Crippen molar-refractivity contribution in [2.24, 2.45) is 0 Å². The van der Waals surface area contributed by atoms with Crippen LogP contribution in [0.4, 0.5) is 10.1 Å². The molecule has 0 saturated heterocycles. The highest BCUT2D eigenvalue weighted by Crippen LogP contribution is 2.29. The van der Waals surface area contributed by atoms with E-state index < -0.39 is 6.10 Å². The fraction of sp³-hybridized carbons (Fsp3) is 0.429. The molecule has 0 unspecified atom stereocenters. The molecule has 17 heavy (non-hydrogen) atoms. The SMILES string of the molecule is C=C(C)CN(CC)c1c(F)cccc1[C@@H](C)O. The smallest absolute Gasteiger partial charge is 0.146 e. The number of aliphatic hydroxyl groups excluding tert-OH is 1. The molecule has 1 N–H and O–H groups in total. The number of nitrogens with zero attached hydrogens (tertiary/aromatic N) is 1. The van der Waals surface area contributed by atoms with Gasteiger partial charge in [0.2, 0.25) is 0 Å².